The minimum absolute atomic E-state index is 0.122. The van der Waals surface area contributed by atoms with Gasteiger partial charge < -0.3 is 20.6 Å². The van der Waals surface area contributed by atoms with Crippen LogP contribution in [-0.2, 0) is 4.79 Å². The number of nitrogens with zero attached hydrogens (tertiary/aromatic N) is 1. The molecule has 0 bridgehead atoms. The number of amides is 3. The molecule has 13 heavy (non-hydrogen) atoms. The van der Waals surface area contributed by atoms with E-state index in [9.17, 15) is 9.59 Å². The minimum atomic E-state index is -0.458. The number of rotatable bonds is 1. The van der Waals surface area contributed by atoms with E-state index >= 15 is 0 Å². The van der Waals surface area contributed by atoms with Crippen LogP contribution in [0.3, 0.4) is 0 Å². The second kappa shape index (κ2) is 2.88. The molecule has 2 rings (SSSR count). The lowest BCUT2D eigenvalue weighted by molar-refractivity contribution is -0.142. The molecule has 3 N–H and O–H groups in total. The van der Waals surface area contributed by atoms with Crippen LogP contribution in [0.25, 0.3) is 0 Å². The van der Waals surface area contributed by atoms with Gasteiger partial charge in [-0.05, 0) is 0 Å². The zero-order valence-electron chi connectivity index (χ0n) is 6.99. The predicted molar refractivity (Wildman–Crippen MR) is 42.9 cm³/mol. The lowest BCUT2D eigenvalue weighted by Gasteiger charge is -2.37. The molecule has 2 heterocycles. The molecular formula is C7H11N3O3. The molecule has 6 nitrogen and oxygen atoms in total. The Kier molecular flexibility index (Phi) is 1.84. The number of hydrogen-bond donors (Lipinski definition) is 3. The number of nitrogens with one attached hydrogen (secondary N) is 2. The zero-order valence-corrected chi connectivity index (χ0v) is 6.99. The average Bonchev–Trinajstić information content (AvgIpc) is 2.45. The fourth-order valence-electron chi connectivity index (χ4n) is 1.46. The van der Waals surface area contributed by atoms with Gasteiger partial charge in [-0.2, -0.15) is 0 Å². The Morgan fingerprint density at radius 2 is 2.23 bits per heavy atom. The van der Waals surface area contributed by atoms with Crippen molar-refractivity contribution in [2.45, 2.75) is 12.1 Å². The monoisotopic (exact) mass is 185 g/mol. The van der Waals surface area contributed by atoms with E-state index in [1.807, 2.05) is 0 Å². The van der Waals surface area contributed by atoms with Gasteiger partial charge in [-0.3, -0.25) is 4.79 Å². The Hall–Kier alpha value is -1.30. The van der Waals surface area contributed by atoms with E-state index in [1.165, 1.54) is 4.90 Å². The third-order valence-electron chi connectivity index (χ3n) is 2.24. The van der Waals surface area contributed by atoms with Crippen molar-refractivity contribution in [1.82, 2.24) is 15.5 Å². The maximum Gasteiger partial charge on any atom is 0.315 e. The summed E-state index contributed by atoms with van der Waals surface area (Å²) in [6.07, 6.45) is -0.394. The molecule has 0 aromatic carbocycles. The SMILES string of the molecule is O=C1NCC(C(=O)N2CC(O)C2)N1. The van der Waals surface area contributed by atoms with Crippen molar-refractivity contribution < 1.29 is 14.7 Å². The number of carbonyl (C=O) groups excluding carboxylic acids is 2. The highest BCUT2D eigenvalue weighted by Crippen LogP contribution is 2.09. The van der Waals surface area contributed by atoms with Crippen LogP contribution in [0.15, 0.2) is 0 Å². The minimum Gasteiger partial charge on any atom is -0.389 e. The Bertz CT molecular complexity index is 249. The standard InChI is InChI=1S/C7H11N3O3/c11-4-2-10(3-4)6(12)5-1-8-7(13)9-5/h4-5,11H,1-3H2,(H2,8,9,13). The van der Waals surface area contributed by atoms with Gasteiger partial charge >= 0.3 is 6.03 Å². The fraction of sp³-hybridized carbons (Fsp3) is 0.714. The van der Waals surface area contributed by atoms with Crippen LogP contribution in [0, 0.1) is 0 Å². The van der Waals surface area contributed by atoms with Crippen molar-refractivity contribution in [3.63, 3.8) is 0 Å². The number of carbonyl (C=O) groups is 2. The Labute approximate surface area is 74.9 Å². The Balaban J connectivity index is 1.87. The van der Waals surface area contributed by atoms with Crippen molar-refractivity contribution >= 4 is 11.9 Å². The third-order valence-corrected chi connectivity index (χ3v) is 2.24. The zero-order chi connectivity index (χ0) is 9.42. The number of β-amino-alcohol motifs (C(OH)–C–C–N with tert-alkyl or cyclic N) is 1. The van der Waals surface area contributed by atoms with E-state index in [2.05, 4.69) is 10.6 Å². The van der Waals surface area contributed by atoms with Crippen LogP contribution in [-0.4, -0.2) is 53.7 Å². The van der Waals surface area contributed by atoms with Crippen LogP contribution >= 0.6 is 0 Å². The topological polar surface area (TPSA) is 81.7 Å². The van der Waals surface area contributed by atoms with Crippen molar-refractivity contribution in [3.8, 4) is 0 Å². The summed E-state index contributed by atoms with van der Waals surface area (Å²) in [5, 5.41) is 14.0. The first-order chi connectivity index (χ1) is 6.16. The summed E-state index contributed by atoms with van der Waals surface area (Å²) in [6.45, 7) is 1.10. The highest BCUT2D eigenvalue weighted by Gasteiger charge is 2.36. The van der Waals surface area contributed by atoms with Gasteiger partial charge in [-0.15, -0.1) is 0 Å². The van der Waals surface area contributed by atoms with Gasteiger partial charge in [0.1, 0.15) is 6.04 Å². The summed E-state index contributed by atoms with van der Waals surface area (Å²) in [4.78, 5) is 23.7. The highest BCUT2D eigenvalue weighted by atomic mass is 16.3. The van der Waals surface area contributed by atoms with Crippen LogP contribution < -0.4 is 10.6 Å². The highest BCUT2D eigenvalue weighted by molar-refractivity contribution is 5.90. The molecular weight excluding hydrogens is 174 g/mol. The first-order valence-corrected chi connectivity index (χ1v) is 4.18. The first-order valence-electron chi connectivity index (χ1n) is 4.18. The molecule has 0 aromatic rings. The van der Waals surface area contributed by atoms with E-state index in [1.54, 1.807) is 0 Å². The predicted octanol–water partition coefficient (Wildman–Crippen LogP) is -2.13. The van der Waals surface area contributed by atoms with Gasteiger partial charge in [0.05, 0.1) is 6.10 Å². The summed E-state index contributed by atoms with van der Waals surface area (Å²) in [5.74, 6) is -0.122. The van der Waals surface area contributed by atoms with Gasteiger partial charge in [-0.1, -0.05) is 0 Å². The van der Waals surface area contributed by atoms with Crippen molar-refractivity contribution in [2.75, 3.05) is 19.6 Å². The van der Waals surface area contributed by atoms with Crippen molar-refractivity contribution in [3.05, 3.63) is 0 Å². The summed E-state index contributed by atoms with van der Waals surface area (Å²) in [5.41, 5.74) is 0. The van der Waals surface area contributed by atoms with Gasteiger partial charge in [0, 0.05) is 19.6 Å². The first kappa shape index (κ1) is 8.31. The second-order valence-electron chi connectivity index (χ2n) is 3.30. The van der Waals surface area contributed by atoms with Crippen molar-refractivity contribution in [1.29, 1.82) is 0 Å². The van der Waals surface area contributed by atoms with Crippen LogP contribution in [0.2, 0.25) is 0 Å². The second-order valence-corrected chi connectivity index (χ2v) is 3.30. The molecule has 2 aliphatic rings. The fourth-order valence-corrected chi connectivity index (χ4v) is 1.46. The molecule has 0 spiro atoms. The summed E-state index contributed by atoms with van der Waals surface area (Å²) >= 11 is 0. The third kappa shape index (κ3) is 1.44. The lowest BCUT2D eigenvalue weighted by atomic mass is 10.1. The molecule has 0 radical (unpaired) electrons. The number of likely N-dealkylation sites (tertiary alicyclic amines) is 1. The molecule has 2 fully saturated rings. The van der Waals surface area contributed by atoms with Crippen molar-refractivity contribution in [2.24, 2.45) is 0 Å². The number of hydrogen-bond acceptors (Lipinski definition) is 3. The van der Waals surface area contributed by atoms with E-state index in [0.29, 0.717) is 19.6 Å². The molecule has 1 unspecified atom stereocenters. The summed E-state index contributed by atoms with van der Waals surface area (Å²) < 4.78 is 0. The van der Waals surface area contributed by atoms with E-state index in [0.717, 1.165) is 0 Å². The molecule has 0 saturated carbocycles. The molecule has 6 heteroatoms. The normalized spacial score (nSPS) is 27.9. The molecule has 2 saturated heterocycles. The molecule has 72 valence electrons. The van der Waals surface area contributed by atoms with Crippen LogP contribution in [0.4, 0.5) is 4.79 Å². The van der Waals surface area contributed by atoms with E-state index in [-0.39, 0.29) is 11.9 Å². The van der Waals surface area contributed by atoms with Gasteiger partial charge in [0.15, 0.2) is 0 Å². The average molecular weight is 185 g/mol. The maximum absolute atomic E-state index is 11.5. The molecule has 3 amide bonds. The maximum atomic E-state index is 11.5. The number of aliphatic hydroxyl groups is 1. The summed E-state index contributed by atoms with van der Waals surface area (Å²) in [7, 11) is 0. The lowest BCUT2D eigenvalue weighted by Crippen LogP contribution is -2.58. The molecule has 0 aliphatic carbocycles. The van der Waals surface area contributed by atoms with Crippen LogP contribution in [0.1, 0.15) is 0 Å². The Morgan fingerprint density at radius 3 is 2.69 bits per heavy atom. The van der Waals surface area contributed by atoms with Gasteiger partial charge in [0.2, 0.25) is 5.91 Å². The number of aliphatic hydroxyl groups excluding tert-OH is 1. The quantitative estimate of drug-likeness (QED) is 0.436. The van der Waals surface area contributed by atoms with E-state index < -0.39 is 12.1 Å². The smallest absolute Gasteiger partial charge is 0.315 e. The molecule has 1 atom stereocenters. The number of urea groups is 1. The van der Waals surface area contributed by atoms with E-state index in [4.69, 9.17) is 5.11 Å². The van der Waals surface area contributed by atoms with Crippen LogP contribution in [0.5, 0.6) is 0 Å². The summed E-state index contributed by atoms with van der Waals surface area (Å²) in [6, 6.07) is -0.764. The van der Waals surface area contributed by atoms with Gasteiger partial charge in [-0.25, -0.2) is 4.79 Å². The molecule has 2 aliphatic heterocycles. The molecule has 0 aromatic heterocycles. The Morgan fingerprint density at radius 1 is 1.54 bits per heavy atom. The largest absolute Gasteiger partial charge is 0.389 e. The van der Waals surface area contributed by atoms with Gasteiger partial charge in [0.25, 0.3) is 0 Å².